The van der Waals surface area contributed by atoms with E-state index < -0.39 is 0 Å². The van der Waals surface area contributed by atoms with E-state index in [1.54, 1.807) is 10.6 Å². The summed E-state index contributed by atoms with van der Waals surface area (Å²) in [4.78, 5) is 30.6. The Balaban J connectivity index is 1.63. The molecule has 0 saturated carbocycles. The van der Waals surface area contributed by atoms with Crippen LogP contribution in [0.25, 0.3) is 16.6 Å². The molecule has 4 rings (SSSR count). The summed E-state index contributed by atoms with van der Waals surface area (Å²) in [7, 11) is 0. The first-order valence-electron chi connectivity index (χ1n) is 10.8. The van der Waals surface area contributed by atoms with E-state index in [2.05, 4.69) is 40.3 Å². The van der Waals surface area contributed by atoms with Gasteiger partial charge in [0.2, 0.25) is 5.91 Å². The monoisotopic (exact) mass is 521 g/mol. The Bertz CT molecular complexity index is 1320. The fourth-order valence-electron chi connectivity index (χ4n) is 3.49. The Morgan fingerprint density at radius 3 is 2.48 bits per heavy atom. The summed E-state index contributed by atoms with van der Waals surface area (Å²) in [5.74, 6) is -0.0266. The maximum absolute atomic E-state index is 13.4. The highest BCUT2D eigenvalue weighted by atomic mass is 79.9. The number of hydrogen-bond acceptors (Lipinski definition) is 4. The summed E-state index contributed by atoms with van der Waals surface area (Å²) < 4.78 is 2.55. The molecule has 0 aliphatic heterocycles. The van der Waals surface area contributed by atoms with Crippen LogP contribution >= 0.6 is 27.7 Å². The van der Waals surface area contributed by atoms with Crippen molar-refractivity contribution in [3.05, 3.63) is 93.2 Å². The van der Waals surface area contributed by atoms with Crippen molar-refractivity contribution in [1.29, 1.82) is 0 Å². The largest absolute Gasteiger partial charge is 0.325 e. The average molecular weight is 522 g/mol. The molecule has 0 radical (unpaired) electrons. The molecule has 1 N–H and O–H groups in total. The van der Waals surface area contributed by atoms with Crippen LogP contribution in [0.2, 0.25) is 0 Å². The average Bonchev–Trinajstić information content (AvgIpc) is 2.83. The molecule has 5 nitrogen and oxygen atoms in total. The third-order valence-electron chi connectivity index (χ3n) is 5.22. The lowest BCUT2D eigenvalue weighted by Crippen LogP contribution is -2.23. The number of anilines is 1. The molecule has 0 bridgehead atoms. The number of carbonyl (C=O) groups is 1. The second-order valence-corrected chi connectivity index (χ2v) is 9.52. The fraction of sp³-hybridized carbons (Fsp3) is 0.192. The second kappa shape index (κ2) is 10.8. The number of nitrogens with zero attached hydrogens (tertiary/aromatic N) is 2. The quantitative estimate of drug-likeness (QED) is 0.220. The van der Waals surface area contributed by atoms with Gasteiger partial charge in [-0.25, -0.2) is 4.98 Å². The van der Waals surface area contributed by atoms with Gasteiger partial charge < -0.3 is 5.32 Å². The standard InChI is InChI=1S/C26H24BrN3O2S/c1-2-3-6-18-9-15-21(16-10-18)30-25(32)22-7-4-5-8-23(22)29-26(30)33-17-24(31)28-20-13-11-19(27)12-14-20/h4-5,7-16H,2-3,6,17H2,1H3,(H,28,31). The first-order valence-corrected chi connectivity index (χ1v) is 12.6. The normalized spacial score (nSPS) is 11.0. The van der Waals surface area contributed by atoms with Gasteiger partial charge in [0, 0.05) is 10.2 Å². The van der Waals surface area contributed by atoms with E-state index >= 15 is 0 Å². The number of benzene rings is 3. The van der Waals surface area contributed by atoms with E-state index in [9.17, 15) is 9.59 Å². The van der Waals surface area contributed by atoms with Crippen molar-refractivity contribution in [3.63, 3.8) is 0 Å². The van der Waals surface area contributed by atoms with Crippen LogP contribution in [0.4, 0.5) is 5.69 Å². The Morgan fingerprint density at radius 2 is 1.76 bits per heavy atom. The van der Waals surface area contributed by atoms with Gasteiger partial charge in [0.1, 0.15) is 0 Å². The van der Waals surface area contributed by atoms with Crippen LogP contribution in [-0.2, 0) is 11.2 Å². The maximum atomic E-state index is 13.4. The molecule has 0 aliphatic carbocycles. The van der Waals surface area contributed by atoms with Gasteiger partial charge in [-0.15, -0.1) is 0 Å². The highest BCUT2D eigenvalue weighted by molar-refractivity contribution is 9.10. The van der Waals surface area contributed by atoms with Crippen LogP contribution in [-0.4, -0.2) is 21.2 Å². The van der Waals surface area contributed by atoms with Crippen LogP contribution in [0.1, 0.15) is 25.3 Å². The Labute approximate surface area is 205 Å². The Kier molecular flexibility index (Phi) is 7.62. The summed E-state index contributed by atoms with van der Waals surface area (Å²) >= 11 is 4.64. The van der Waals surface area contributed by atoms with E-state index in [0.717, 1.165) is 35.1 Å². The minimum Gasteiger partial charge on any atom is -0.325 e. The molecule has 1 heterocycles. The van der Waals surface area contributed by atoms with Crippen molar-refractivity contribution in [1.82, 2.24) is 9.55 Å². The van der Waals surface area contributed by atoms with E-state index in [-0.39, 0.29) is 17.2 Å². The first-order chi connectivity index (χ1) is 16.0. The molecular formula is C26H24BrN3O2S. The minimum absolute atomic E-state index is 0.134. The van der Waals surface area contributed by atoms with Crippen LogP contribution in [0.15, 0.2) is 87.2 Å². The van der Waals surface area contributed by atoms with Gasteiger partial charge in [-0.05, 0) is 66.9 Å². The number of hydrogen-bond donors (Lipinski definition) is 1. The van der Waals surface area contributed by atoms with Gasteiger partial charge in [0.25, 0.3) is 5.56 Å². The third-order valence-corrected chi connectivity index (χ3v) is 6.69. The third kappa shape index (κ3) is 5.72. The summed E-state index contributed by atoms with van der Waals surface area (Å²) in [5.41, 5.74) is 3.18. The topological polar surface area (TPSA) is 64.0 Å². The molecule has 0 atom stereocenters. The molecule has 0 saturated heterocycles. The van der Waals surface area contributed by atoms with Crippen LogP contribution in [0, 0.1) is 0 Å². The van der Waals surface area contributed by atoms with Crippen LogP contribution < -0.4 is 10.9 Å². The van der Waals surface area contributed by atoms with Crippen LogP contribution in [0.3, 0.4) is 0 Å². The first kappa shape index (κ1) is 23.3. The summed E-state index contributed by atoms with van der Waals surface area (Å²) in [6, 6.07) is 22.7. The highest BCUT2D eigenvalue weighted by Gasteiger charge is 2.15. The number of nitrogens with one attached hydrogen (secondary N) is 1. The van der Waals surface area contributed by atoms with Gasteiger partial charge >= 0.3 is 0 Å². The zero-order chi connectivity index (χ0) is 23.2. The molecule has 1 aromatic heterocycles. The number of rotatable bonds is 8. The maximum Gasteiger partial charge on any atom is 0.266 e. The van der Waals surface area contributed by atoms with Crippen molar-refractivity contribution in [3.8, 4) is 5.69 Å². The molecule has 33 heavy (non-hydrogen) atoms. The lowest BCUT2D eigenvalue weighted by Gasteiger charge is -2.14. The molecule has 0 fully saturated rings. The number of thioether (sulfide) groups is 1. The number of aromatic nitrogens is 2. The van der Waals surface area contributed by atoms with E-state index in [0.29, 0.717) is 16.1 Å². The van der Waals surface area contributed by atoms with Crippen molar-refractivity contribution in [2.24, 2.45) is 0 Å². The van der Waals surface area contributed by atoms with Gasteiger partial charge in [-0.3, -0.25) is 14.2 Å². The molecule has 3 aromatic carbocycles. The number of carbonyl (C=O) groups excluding carboxylic acids is 1. The molecule has 0 unspecified atom stereocenters. The molecular weight excluding hydrogens is 498 g/mol. The number of fused-ring (bicyclic) bond motifs is 1. The Hall–Kier alpha value is -2.90. The highest BCUT2D eigenvalue weighted by Crippen LogP contribution is 2.22. The van der Waals surface area contributed by atoms with Crippen molar-refractivity contribution >= 4 is 50.2 Å². The Morgan fingerprint density at radius 1 is 1.03 bits per heavy atom. The molecule has 1 amide bonds. The smallest absolute Gasteiger partial charge is 0.266 e. The molecule has 0 aliphatic rings. The molecule has 4 aromatic rings. The summed E-state index contributed by atoms with van der Waals surface area (Å²) in [5, 5.41) is 3.93. The predicted molar refractivity (Wildman–Crippen MR) is 139 cm³/mol. The van der Waals surface area contributed by atoms with E-state index in [4.69, 9.17) is 4.98 Å². The SMILES string of the molecule is CCCCc1ccc(-n2c(SCC(=O)Nc3ccc(Br)cc3)nc3ccccc3c2=O)cc1. The lowest BCUT2D eigenvalue weighted by molar-refractivity contribution is -0.113. The van der Waals surface area contributed by atoms with Crippen molar-refractivity contribution < 1.29 is 4.79 Å². The number of halogens is 1. The summed E-state index contributed by atoms with van der Waals surface area (Å²) in [6.07, 6.45) is 3.28. The van der Waals surface area contributed by atoms with Crippen LogP contribution in [0.5, 0.6) is 0 Å². The zero-order valence-corrected chi connectivity index (χ0v) is 20.7. The minimum atomic E-state index is -0.161. The number of unbranched alkanes of at least 4 members (excludes halogenated alkanes) is 1. The summed E-state index contributed by atoms with van der Waals surface area (Å²) in [6.45, 7) is 2.17. The van der Waals surface area contributed by atoms with Crippen molar-refractivity contribution in [2.45, 2.75) is 31.3 Å². The molecule has 7 heteroatoms. The van der Waals surface area contributed by atoms with Gasteiger partial charge in [-0.1, -0.05) is 65.3 Å². The molecule has 0 spiro atoms. The molecule has 168 valence electrons. The van der Waals surface area contributed by atoms with E-state index in [1.165, 1.54) is 17.3 Å². The van der Waals surface area contributed by atoms with Crippen molar-refractivity contribution in [2.75, 3.05) is 11.1 Å². The van der Waals surface area contributed by atoms with Gasteiger partial charge in [0.15, 0.2) is 5.16 Å². The number of para-hydroxylation sites is 1. The zero-order valence-electron chi connectivity index (χ0n) is 18.3. The van der Waals surface area contributed by atoms with Gasteiger partial charge in [-0.2, -0.15) is 0 Å². The second-order valence-electron chi connectivity index (χ2n) is 7.67. The predicted octanol–water partition coefficient (Wildman–Crippen LogP) is 6.22. The fourth-order valence-corrected chi connectivity index (χ4v) is 4.57. The van der Waals surface area contributed by atoms with Gasteiger partial charge in [0.05, 0.1) is 22.3 Å². The van der Waals surface area contributed by atoms with E-state index in [1.807, 2.05) is 54.6 Å². The lowest BCUT2D eigenvalue weighted by atomic mass is 10.1. The number of amides is 1. The number of aryl methyl sites for hydroxylation is 1.